The van der Waals surface area contributed by atoms with Gasteiger partial charge in [0.1, 0.15) is 12.1 Å². The number of unbranched alkanes of at least 4 members (excludes halogenated alkanes) is 2. The summed E-state index contributed by atoms with van der Waals surface area (Å²) < 4.78 is 40.3. The molecule has 1 aromatic rings. The van der Waals surface area contributed by atoms with Crippen LogP contribution in [0.25, 0.3) is 0 Å². The number of hydrogen-bond acceptors (Lipinski definition) is 9. The Labute approximate surface area is 305 Å². The number of nitrogens with zero attached hydrogens (tertiary/aromatic N) is 5. The Morgan fingerprint density at radius 2 is 1.63 bits per heavy atom. The fourth-order valence-corrected chi connectivity index (χ4v) is 7.91. The molecule has 52 heavy (non-hydrogen) atoms. The number of rotatable bonds is 17. The normalized spacial score (nSPS) is 20.7. The summed E-state index contributed by atoms with van der Waals surface area (Å²) in [4.78, 5) is 67.1. The van der Waals surface area contributed by atoms with Gasteiger partial charge in [0.25, 0.3) is 5.91 Å². The molecule has 0 aromatic heterocycles. The highest BCUT2D eigenvalue weighted by atomic mass is 32.2. The van der Waals surface area contributed by atoms with Gasteiger partial charge < -0.3 is 40.6 Å². The van der Waals surface area contributed by atoms with Crippen LogP contribution in [0.4, 0.5) is 22.8 Å². The zero-order chi connectivity index (χ0) is 38.4. The molecule has 6 amide bonds. The second-order valence-corrected chi connectivity index (χ2v) is 15.8. The number of likely N-dealkylation sites (N-methyl/N-ethyl adjacent to an activating group) is 2. The van der Waals surface area contributed by atoms with Gasteiger partial charge in [-0.25, -0.2) is 4.79 Å². The predicted octanol–water partition coefficient (Wildman–Crippen LogP) is 3.22. The maximum atomic E-state index is 13.6. The van der Waals surface area contributed by atoms with E-state index in [2.05, 4.69) is 26.2 Å². The van der Waals surface area contributed by atoms with Gasteiger partial charge in [-0.1, -0.05) is 18.6 Å². The van der Waals surface area contributed by atoms with E-state index in [0.29, 0.717) is 30.9 Å². The SMILES string of the molecule is CN(CCN(C)C(=O)[C@H](CCCCN(C(=O)[O-])C(C)(C)C)NC(=O)c1ccc(C2(C(F)(F)F)N=N2)cc1)C(=O)CCCC[C@@H]1SC[C@@H]2NC(=O)N[C@@H]21. The smallest absolute Gasteiger partial charge is 0.442 e. The molecule has 0 spiro atoms. The minimum Gasteiger partial charge on any atom is -0.530 e. The first-order valence-electron chi connectivity index (χ1n) is 17.4. The van der Waals surface area contributed by atoms with E-state index in [1.807, 2.05) is 11.8 Å². The van der Waals surface area contributed by atoms with E-state index in [1.165, 1.54) is 21.9 Å². The lowest BCUT2D eigenvalue weighted by molar-refractivity contribution is -0.270. The average Bonchev–Trinajstić information content (AvgIpc) is 3.71. The third-order valence-electron chi connectivity index (χ3n) is 9.64. The number of thioether (sulfide) groups is 1. The first kappa shape index (κ1) is 40.7. The van der Waals surface area contributed by atoms with Crippen LogP contribution in [0.5, 0.6) is 0 Å². The molecule has 288 valence electrons. The summed E-state index contributed by atoms with van der Waals surface area (Å²) in [6.45, 7) is 5.77. The maximum Gasteiger partial charge on any atom is 0.442 e. The number of fused-ring (bicyclic) bond motifs is 1. The zero-order valence-corrected chi connectivity index (χ0v) is 30.9. The van der Waals surface area contributed by atoms with Crippen LogP contribution in [0, 0.1) is 0 Å². The van der Waals surface area contributed by atoms with Crippen LogP contribution in [-0.4, -0.2) is 119 Å². The number of benzene rings is 1. The molecule has 18 heteroatoms. The number of nitrogens with one attached hydrogen (secondary N) is 3. The molecule has 0 aliphatic carbocycles. The minimum absolute atomic E-state index is 0.0272. The van der Waals surface area contributed by atoms with Crippen molar-refractivity contribution in [2.45, 2.75) is 106 Å². The number of halogens is 3. The fraction of sp³-hybridized carbons (Fsp3) is 0.676. The van der Waals surface area contributed by atoms with Crippen molar-refractivity contribution in [3.8, 4) is 0 Å². The third kappa shape index (κ3) is 10.1. The van der Waals surface area contributed by atoms with E-state index in [4.69, 9.17) is 0 Å². The molecular formula is C34H48F3N8O6S-. The van der Waals surface area contributed by atoms with Gasteiger partial charge in [-0.3, -0.25) is 14.4 Å². The zero-order valence-electron chi connectivity index (χ0n) is 30.1. The number of alkyl halides is 3. The van der Waals surface area contributed by atoms with E-state index in [-0.39, 0.29) is 61.2 Å². The van der Waals surface area contributed by atoms with Crippen molar-refractivity contribution >= 4 is 41.6 Å². The molecule has 3 aliphatic rings. The Bertz CT molecular complexity index is 1500. The number of carboxylic acid groups (broad SMARTS) is 1. The van der Waals surface area contributed by atoms with Gasteiger partial charge in [0.05, 0.1) is 12.1 Å². The summed E-state index contributed by atoms with van der Waals surface area (Å²) in [7, 11) is 3.21. The molecule has 3 N–H and O–H groups in total. The van der Waals surface area contributed by atoms with E-state index in [9.17, 15) is 42.3 Å². The molecule has 14 nitrogen and oxygen atoms in total. The van der Waals surface area contributed by atoms with E-state index in [0.717, 1.165) is 30.7 Å². The Hall–Kier alpha value is -4.09. The number of urea groups is 1. The van der Waals surface area contributed by atoms with Crippen molar-refractivity contribution in [1.82, 2.24) is 30.7 Å². The van der Waals surface area contributed by atoms with Crippen LogP contribution >= 0.6 is 11.8 Å². The lowest BCUT2D eigenvalue weighted by Crippen LogP contribution is -2.52. The van der Waals surface area contributed by atoms with Gasteiger partial charge >= 0.3 is 17.9 Å². The van der Waals surface area contributed by atoms with Crippen molar-refractivity contribution in [2.75, 3.05) is 39.5 Å². The number of carbonyl (C=O) groups excluding carboxylic acids is 5. The first-order chi connectivity index (χ1) is 24.3. The third-order valence-corrected chi connectivity index (χ3v) is 11.2. The van der Waals surface area contributed by atoms with Crippen LogP contribution < -0.4 is 21.1 Å². The van der Waals surface area contributed by atoms with Crippen molar-refractivity contribution in [3.05, 3.63) is 35.4 Å². The summed E-state index contributed by atoms with van der Waals surface area (Å²) in [5.41, 5.74) is -3.54. The van der Waals surface area contributed by atoms with Crippen LogP contribution in [0.3, 0.4) is 0 Å². The highest BCUT2D eigenvalue weighted by Crippen LogP contribution is 2.52. The summed E-state index contributed by atoms with van der Waals surface area (Å²) in [5.74, 6) is -0.318. The molecule has 4 atom stereocenters. The average molecular weight is 754 g/mol. The predicted molar refractivity (Wildman–Crippen MR) is 185 cm³/mol. The van der Waals surface area contributed by atoms with Crippen LogP contribution in [0.2, 0.25) is 0 Å². The largest absolute Gasteiger partial charge is 0.530 e. The van der Waals surface area contributed by atoms with E-state index in [1.54, 1.807) is 39.8 Å². The Balaban J connectivity index is 1.30. The molecule has 0 unspecified atom stereocenters. The molecule has 3 aliphatic heterocycles. The van der Waals surface area contributed by atoms with E-state index >= 15 is 0 Å². The number of hydrogen-bond donors (Lipinski definition) is 3. The van der Waals surface area contributed by atoms with Crippen molar-refractivity contribution in [3.63, 3.8) is 0 Å². The summed E-state index contributed by atoms with van der Waals surface area (Å²) in [6.07, 6.45) is -2.39. The molecule has 0 saturated carbocycles. The van der Waals surface area contributed by atoms with Gasteiger partial charge in [-0.05, 0) is 65.0 Å². The Morgan fingerprint density at radius 3 is 2.23 bits per heavy atom. The summed E-state index contributed by atoms with van der Waals surface area (Å²) >= 11 is 1.82. The molecule has 0 bridgehead atoms. The lowest BCUT2D eigenvalue weighted by Gasteiger charge is -2.38. The Kier molecular flexibility index (Phi) is 13.1. The van der Waals surface area contributed by atoms with Crippen LogP contribution in [0.15, 0.2) is 34.5 Å². The summed E-state index contributed by atoms with van der Waals surface area (Å²) in [5, 5.41) is 26.9. The van der Waals surface area contributed by atoms with Crippen molar-refractivity contribution < 1.29 is 42.3 Å². The van der Waals surface area contributed by atoms with Crippen molar-refractivity contribution in [1.29, 1.82) is 0 Å². The molecule has 4 rings (SSSR count). The first-order valence-corrected chi connectivity index (χ1v) is 18.5. The highest BCUT2D eigenvalue weighted by Gasteiger charge is 2.65. The monoisotopic (exact) mass is 753 g/mol. The molecule has 0 radical (unpaired) electrons. The quantitative estimate of drug-likeness (QED) is 0.162. The topological polar surface area (TPSA) is 179 Å². The van der Waals surface area contributed by atoms with Crippen LogP contribution in [-0.2, 0) is 15.3 Å². The van der Waals surface area contributed by atoms with Gasteiger partial charge in [0.15, 0.2) is 0 Å². The number of carbonyl (C=O) groups is 5. The molecule has 3 heterocycles. The molecule has 1 aromatic carbocycles. The molecule has 2 fully saturated rings. The van der Waals surface area contributed by atoms with Crippen LogP contribution in [0.1, 0.15) is 81.6 Å². The second kappa shape index (κ2) is 16.7. The minimum atomic E-state index is -4.72. The lowest BCUT2D eigenvalue weighted by atomic mass is 10.0. The van der Waals surface area contributed by atoms with Gasteiger partial charge in [0.2, 0.25) is 11.8 Å². The van der Waals surface area contributed by atoms with Gasteiger partial charge in [-0.2, -0.15) is 24.9 Å². The summed E-state index contributed by atoms with van der Waals surface area (Å²) in [6, 6.07) is 3.76. The molecular weight excluding hydrogens is 705 g/mol. The number of amides is 6. The fourth-order valence-electron chi connectivity index (χ4n) is 6.37. The standard InChI is InChI=1S/C34H49F3N8O6S/c1-32(2,3)45(31(50)51)17-9-8-10-23(38-28(47)21-13-15-22(16-14-21)33(41-42-33)34(35,36)37)29(48)44(5)19-18-43(4)26(46)12-7-6-11-25-27-24(20-52-25)39-30(49)40-27/h13-16,23-25,27H,6-12,17-20H2,1-5H3,(H,38,47)(H,50,51)(H2,39,40,49)/p-1/t23-,24-,25-,27-/m0/s1. The molecule has 2 saturated heterocycles. The van der Waals surface area contributed by atoms with Crippen molar-refractivity contribution in [2.24, 2.45) is 10.2 Å². The second-order valence-electron chi connectivity index (χ2n) is 14.5. The maximum absolute atomic E-state index is 13.6. The van der Waals surface area contributed by atoms with E-state index < -0.39 is 41.3 Å². The Morgan fingerprint density at radius 1 is 0.981 bits per heavy atom. The van der Waals surface area contributed by atoms with Gasteiger partial charge in [0, 0.05) is 67.8 Å². The highest BCUT2D eigenvalue weighted by molar-refractivity contribution is 8.00. The van der Waals surface area contributed by atoms with Gasteiger partial charge in [-0.15, -0.1) is 10.2 Å².